The van der Waals surface area contributed by atoms with Crippen molar-refractivity contribution < 1.29 is 14.7 Å². The first kappa shape index (κ1) is 16.2. The van der Waals surface area contributed by atoms with Gasteiger partial charge >= 0.3 is 0 Å². The van der Waals surface area contributed by atoms with Gasteiger partial charge in [-0.25, -0.2) is 0 Å². The molecule has 0 aliphatic heterocycles. The van der Waals surface area contributed by atoms with Crippen molar-refractivity contribution in [1.82, 2.24) is 5.32 Å². The molecule has 0 spiro atoms. The number of carbonyl (C=O) groups excluding carboxylic acids is 2. The topological polar surface area (TPSA) is 66.4 Å². The molecule has 2 N–H and O–H groups in total. The minimum Gasteiger partial charge on any atom is -0.389 e. The van der Waals surface area contributed by atoms with E-state index in [0.29, 0.717) is 19.3 Å². The molecule has 21 heavy (non-hydrogen) atoms. The fraction of sp³-hybridized carbons (Fsp3) is 0.625. The lowest BCUT2D eigenvalue weighted by molar-refractivity contribution is -0.128. The molecule has 0 saturated heterocycles. The molecule has 5 heteroatoms. The summed E-state index contributed by atoms with van der Waals surface area (Å²) in [7, 11) is 0. The molecule has 1 aromatic heterocycles. The monoisotopic (exact) mass is 309 g/mol. The number of carbonyl (C=O) groups is 2. The molecule has 0 radical (unpaired) electrons. The highest BCUT2D eigenvalue weighted by atomic mass is 32.1. The van der Waals surface area contributed by atoms with Crippen molar-refractivity contribution in [2.75, 3.05) is 0 Å². The van der Waals surface area contributed by atoms with Gasteiger partial charge in [-0.3, -0.25) is 9.59 Å². The molecule has 0 bridgehead atoms. The lowest BCUT2D eigenvalue weighted by Gasteiger charge is -2.31. The number of hydrogen-bond donors (Lipinski definition) is 2. The smallest absolute Gasteiger partial charge is 0.223 e. The number of amides is 1. The summed E-state index contributed by atoms with van der Waals surface area (Å²) in [4.78, 5) is 24.7. The summed E-state index contributed by atoms with van der Waals surface area (Å²) in [6.07, 6.45) is 4.93. The predicted molar refractivity (Wildman–Crippen MR) is 83.5 cm³/mol. The number of thiophene rings is 1. The van der Waals surface area contributed by atoms with Crippen molar-refractivity contribution in [3.63, 3.8) is 0 Å². The van der Waals surface area contributed by atoms with E-state index in [0.717, 1.165) is 24.1 Å². The predicted octanol–water partition coefficient (Wildman–Crippen LogP) is 2.91. The van der Waals surface area contributed by atoms with Gasteiger partial charge in [-0.15, -0.1) is 11.3 Å². The van der Waals surface area contributed by atoms with Crippen LogP contribution < -0.4 is 5.32 Å². The highest BCUT2D eigenvalue weighted by Crippen LogP contribution is 2.30. The van der Waals surface area contributed by atoms with E-state index >= 15 is 0 Å². The van der Waals surface area contributed by atoms with Gasteiger partial charge in [0.15, 0.2) is 5.78 Å². The van der Waals surface area contributed by atoms with Gasteiger partial charge in [-0.1, -0.05) is 25.3 Å². The molecule has 1 aromatic rings. The fourth-order valence-corrected chi connectivity index (χ4v) is 3.55. The first-order valence-electron chi connectivity index (χ1n) is 7.57. The number of Topliss-reactive ketones (excluding diaryl/α,β-unsaturated/α-hetero) is 1. The third kappa shape index (κ3) is 4.93. The second-order valence-corrected chi connectivity index (χ2v) is 6.98. The molecule has 1 aliphatic carbocycles. The Morgan fingerprint density at radius 2 is 2.10 bits per heavy atom. The fourth-order valence-electron chi connectivity index (χ4n) is 2.88. The summed E-state index contributed by atoms with van der Waals surface area (Å²) in [5.41, 5.74) is -0.847. The van der Waals surface area contributed by atoms with Crippen LogP contribution in [0.25, 0.3) is 0 Å². The van der Waals surface area contributed by atoms with Gasteiger partial charge in [0, 0.05) is 12.5 Å². The molecule has 1 atom stereocenters. The normalized spacial score (nSPS) is 19.0. The lowest BCUT2D eigenvalue weighted by atomic mass is 9.82. The van der Waals surface area contributed by atoms with Gasteiger partial charge in [0.25, 0.3) is 0 Å². The molecule has 1 unspecified atom stereocenters. The molecule has 1 aliphatic rings. The van der Waals surface area contributed by atoms with E-state index in [1.165, 1.54) is 11.3 Å². The number of nitrogens with one attached hydrogen (secondary N) is 1. The molecule has 1 saturated carbocycles. The lowest BCUT2D eigenvalue weighted by Crippen LogP contribution is -2.41. The Balaban J connectivity index is 1.78. The van der Waals surface area contributed by atoms with Crippen LogP contribution in [0.1, 0.15) is 61.5 Å². The van der Waals surface area contributed by atoms with Crippen LogP contribution in [0.4, 0.5) is 0 Å². The average molecular weight is 309 g/mol. The first-order valence-corrected chi connectivity index (χ1v) is 8.45. The van der Waals surface area contributed by atoms with Crippen molar-refractivity contribution in [2.45, 2.75) is 63.5 Å². The summed E-state index contributed by atoms with van der Waals surface area (Å²) in [6.45, 7) is 1.83. The Morgan fingerprint density at radius 1 is 1.38 bits per heavy atom. The van der Waals surface area contributed by atoms with Crippen LogP contribution in [0.3, 0.4) is 0 Å². The van der Waals surface area contributed by atoms with E-state index < -0.39 is 5.60 Å². The van der Waals surface area contributed by atoms with Crippen LogP contribution >= 0.6 is 11.3 Å². The molecular weight excluding hydrogens is 286 g/mol. The van der Waals surface area contributed by atoms with Crippen LogP contribution in [-0.4, -0.2) is 28.4 Å². The minimum atomic E-state index is -0.847. The Kier molecular flexibility index (Phi) is 5.53. The molecule has 4 nitrogen and oxygen atoms in total. The number of aliphatic hydroxyl groups is 1. The second kappa shape index (κ2) is 7.18. The SMILES string of the molecule is CC(CC(=O)c1cccs1)NC(=O)CC1(O)CCCCC1. The Hall–Kier alpha value is -1.20. The van der Waals surface area contributed by atoms with E-state index in [1.807, 2.05) is 18.4 Å². The Labute approximate surface area is 129 Å². The molecule has 0 aromatic carbocycles. The van der Waals surface area contributed by atoms with E-state index in [1.54, 1.807) is 6.07 Å². The minimum absolute atomic E-state index is 0.0502. The Bertz CT molecular complexity index is 478. The summed E-state index contributed by atoms with van der Waals surface area (Å²) < 4.78 is 0. The maximum Gasteiger partial charge on any atom is 0.223 e. The van der Waals surface area contributed by atoms with Gasteiger partial charge in [0.2, 0.25) is 5.91 Å². The number of rotatable bonds is 6. The molecule has 2 rings (SSSR count). The average Bonchev–Trinajstić information content (AvgIpc) is 2.92. The number of hydrogen-bond acceptors (Lipinski definition) is 4. The number of ketones is 1. The standard InChI is InChI=1S/C16H23NO3S/c1-12(10-13(18)14-6-5-9-21-14)17-15(19)11-16(20)7-3-2-4-8-16/h5-6,9,12,20H,2-4,7-8,10-11H2,1H3,(H,17,19). The van der Waals surface area contributed by atoms with Crippen LogP contribution in [0, 0.1) is 0 Å². The van der Waals surface area contributed by atoms with Gasteiger partial charge < -0.3 is 10.4 Å². The van der Waals surface area contributed by atoms with E-state index in [-0.39, 0.29) is 24.2 Å². The van der Waals surface area contributed by atoms with E-state index in [2.05, 4.69) is 5.32 Å². The maximum atomic E-state index is 12.0. The third-order valence-electron chi connectivity index (χ3n) is 3.97. The van der Waals surface area contributed by atoms with Crippen molar-refractivity contribution in [3.8, 4) is 0 Å². The zero-order chi connectivity index (χ0) is 15.3. The summed E-state index contributed by atoms with van der Waals surface area (Å²) in [5.74, 6) is -0.111. The Morgan fingerprint density at radius 3 is 2.71 bits per heavy atom. The zero-order valence-corrected chi connectivity index (χ0v) is 13.2. The first-order chi connectivity index (χ1) is 9.98. The van der Waals surface area contributed by atoms with Crippen LogP contribution in [-0.2, 0) is 4.79 Å². The van der Waals surface area contributed by atoms with Crippen LogP contribution in [0.2, 0.25) is 0 Å². The summed E-state index contributed by atoms with van der Waals surface area (Å²) in [6, 6.07) is 3.44. The van der Waals surface area contributed by atoms with Crippen LogP contribution in [0.15, 0.2) is 17.5 Å². The summed E-state index contributed by atoms with van der Waals surface area (Å²) in [5, 5.41) is 15.1. The molecule has 1 heterocycles. The molecule has 116 valence electrons. The van der Waals surface area contributed by atoms with Gasteiger partial charge in [0.05, 0.1) is 16.9 Å². The quantitative estimate of drug-likeness (QED) is 0.794. The summed E-state index contributed by atoms with van der Waals surface area (Å²) >= 11 is 1.42. The molecular formula is C16H23NO3S. The van der Waals surface area contributed by atoms with Crippen LogP contribution in [0.5, 0.6) is 0 Å². The molecule has 1 fully saturated rings. The zero-order valence-electron chi connectivity index (χ0n) is 12.4. The molecule has 1 amide bonds. The highest BCUT2D eigenvalue weighted by Gasteiger charge is 2.32. The van der Waals surface area contributed by atoms with E-state index in [4.69, 9.17) is 0 Å². The third-order valence-corrected chi connectivity index (χ3v) is 4.88. The van der Waals surface area contributed by atoms with Gasteiger partial charge in [-0.05, 0) is 31.2 Å². The maximum absolute atomic E-state index is 12.0. The van der Waals surface area contributed by atoms with Gasteiger partial charge in [-0.2, -0.15) is 0 Å². The van der Waals surface area contributed by atoms with E-state index in [9.17, 15) is 14.7 Å². The van der Waals surface area contributed by atoms with Crippen molar-refractivity contribution in [1.29, 1.82) is 0 Å². The highest BCUT2D eigenvalue weighted by molar-refractivity contribution is 7.12. The van der Waals surface area contributed by atoms with Crippen molar-refractivity contribution in [3.05, 3.63) is 22.4 Å². The largest absolute Gasteiger partial charge is 0.389 e. The van der Waals surface area contributed by atoms with Crippen molar-refractivity contribution in [2.24, 2.45) is 0 Å². The second-order valence-electron chi connectivity index (χ2n) is 6.03. The van der Waals surface area contributed by atoms with Gasteiger partial charge in [0.1, 0.15) is 0 Å². The van der Waals surface area contributed by atoms with Crippen molar-refractivity contribution >= 4 is 23.0 Å².